The second-order valence-electron chi connectivity index (χ2n) is 15.6. The van der Waals surface area contributed by atoms with E-state index in [1.807, 2.05) is 32.9 Å². The van der Waals surface area contributed by atoms with E-state index in [1.165, 1.54) is 17.2 Å². The normalized spacial score (nSPS) is 16.6. The van der Waals surface area contributed by atoms with Crippen molar-refractivity contribution >= 4 is 33.3 Å². The Bertz CT molecular complexity index is 2210. The van der Waals surface area contributed by atoms with Crippen molar-refractivity contribution in [1.82, 2.24) is 10.4 Å². The third kappa shape index (κ3) is 7.84. The summed E-state index contributed by atoms with van der Waals surface area (Å²) in [6.07, 6.45) is 2.24. The zero-order valence-electron chi connectivity index (χ0n) is 31.6. The SMILES string of the molecule is CC1CC(C)(C)N(O)C(C)(C)C1.Cc1cc(C)c(Cc2cc(S(=O)(=O)O)c(N)c3c2C(=O)c2ccccc2C3=O)c(C)c1CNC(=O)c1ccccc1. The van der Waals surface area contributed by atoms with Crippen LogP contribution >= 0.6 is 0 Å². The lowest BCUT2D eigenvalue weighted by atomic mass is 9.76. The molecule has 0 aromatic heterocycles. The number of ketones is 2. The van der Waals surface area contributed by atoms with Crippen molar-refractivity contribution in [2.75, 3.05) is 5.73 Å². The first-order valence-corrected chi connectivity index (χ1v) is 19.1. The topological polar surface area (TPSA) is 167 Å². The van der Waals surface area contributed by atoms with Crippen LogP contribution in [-0.4, -0.2) is 51.8 Å². The van der Waals surface area contributed by atoms with E-state index in [2.05, 4.69) is 39.9 Å². The van der Waals surface area contributed by atoms with E-state index < -0.39 is 32.3 Å². The van der Waals surface area contributed by atoms with Crippen LogP contribution in [0.25, 0.3) is 0 Å². The summed E-state index contributed by atoms with van der Waals surface area (Å²) in [5.41, 5.74) is 10.8. The third-order valence-electron chi connectivity index (χ3n) is 10.5. The molecule has 6 rings (SSSR count). The number of amides is 1. The molecule has 10 nitrogen and oxygen atoms in total. The molecule has 1 saturated heterocycles. The standard InChI is InChI=1S/C32H28N2O6S.C10H21NO/c1-17-13-18(2)25(16-34-32(37)20-9-5-4-6-10-20)19(3)24(17)14-21-15-26(41(38,39)40)29(33)28-27(21)30(35)22-11-7-8-12-23(22)31(28)36;1-8-6-9(2,3)11(12)10(4,5)7-8/h4-13,15H,14,16,33H2,1-3H3,(H,34,37)(H,38,39,40);8,12H,6-7H2,1-5H3. The van der Waals surface area contributed by atoms with Gasteiger partial charge in [-0.1, -0.05) is 55.5 Å². The number of aryl methyl sites for hydroxylation is 2. The number of rotatable bonds is 6. The van der Waals surface area contributed by atoms with Gasteiger partial charge < -0.3 is 16.3 Å². The Kier molecular flexibility index (Phi) is 10.9. The molecular formula is C42H49N3O7S. The summed E-state index contributed by atoms with van der Waals surface area (Å²) in [5.74, 6) is -0.546. The van der Waals surface area contributed by atoms with Crippen LogP contribution in [0.3, 0.4) is 0 Å². The van der Waals surface area contributed by atoms with E-state index in [4.69, 9.17) is 5.73 Å². The van der Waals surface area contributed by atoms with Gasteiger partial charge in [0.05, 0.1) is 11.3 Å². The summed E-state index contributed by atoms with van der Waals surface area (Å²) in [6.45, 7) is 16.7. The Hall–Kier alpha value is -4.68. The van der Waals surface area contributed by atoms with Crippen molar-refractivity contribution in [3.63, 3.8) is 0 Å². The predicted octanol–water partition coefficient (Wildman–Crippen LogP) is 7.40. The molecule has 0 saturated carbocycles. The molecule has 2 aliphatic rings. The van der Waals surface area contributed by atoms with E-state index in [9.17, 15) is 32.6 Å². The molecule has 5 N–H and O–H groups in total. The van der Waals surface area contributed by atoms with Crippen LogP contribution in [0.5, 0.6) is 0 Å². The Morgan fingerprint density at radius 2 is 1.36 bits per heavy atom. The van der Waals surface area contributed by atoms with Gasteiger partial charge in [0.25, 0.3) is 16.0 Å². The Morgan fingerprint density at radius 1 is 0.849 bits per heavy atom. The number of hydrogen-bond donors (Lipinski definition) is 4. The van der Waals surface area contributed by atoms with E-state index in [0.717, 1.165) is 40.7 Å². The predicted molar refractivity (Wildman–Crippen MR) is 205 cm³/mol. The fourth-order valence-corrected chi connectivity index (χ4v) is 9.03. The van der Waals surface area contributed by atoms with Crippen molar-refractivity contribution < 1.29 is 32.6 Å². The number of fused-ring (bicyclic) bond motifs is 2. The molecule has 0 spiro atoms. The van der Waals surface area contributed by atoms with Crippen LogP contribution in [0.1, 0.15) is 123 Å². The molecule has 0 atom stereocenters. The molecular weight excluding hydrogens is 691 g/mol. The number of nitrogen functional groups attached to an aromatic ring is 1. The van der Waals surface area contributed by atoms with Crippen LogP contribution in [0.2, 0.25) is 0 Å². The van der Waals surface area contributed by atoms with Crippen LogP contribution in [0.15, 0.2) is 71.6 Å². The summed E-state index contributed by atoms with van der Waals surface area (Å²) >= 11 is 0. The molecule has 1 heterocycles. The largest absolute Gasteiger partial charge is 0.397 e. The lowest BCUT2D eigenvalue weighted by Crippen LogP contribution is -2.58. The minimum absolute atomic E-state index is 0.0249. The average molecular weight is 740 g/mol. The fourth-order valence-electron chi connectivity index (χ4n) is 8.36. The second kappa shape index (κ2) is 14.6. The number of piperidine rings is 1. The van der Waals surface area contributed by atoms with Crippen molar-refractivity contribution in [1.29, 1.82) is 0 Å². The summed E-state index contributed by atoms with van der Waals surface area (Å²) in [6, 6.07) is 18.3. The molecule has 1 aliphatic carbocycles. The number of nitrogens with zero attached hydrogens (tertiary/aromatic N) is 1. The maximum Gasteiger partial charge on any atom is 0.296 e. The number of nitrogens with one attached hydrogen (secondary N) is 1. The Labute approximate surface area is 312 Å². The van der Waals surface area contributed by atoms with Gasteiger partial charge >= 0.3 is 0 Å². The van der Waals surface area contributed by atoms with Gasteiger partial charge in [-0.2, -0.15) is 13.5 Å². The monoisotopic (exact) mass is 739 g/mol. The molecule has 1 fully saturated rings. The molecule has 1 aliphatic heterocycles. The highest BCUT2D eigenvalue weighted by atomic mass is 32.2. The third-order valence-corrected chi connectivity index (χ3v) is 11.4. The number of benzene rings is 4. The zero-order valence-corrected chi connectivity index (χ0v) is 32.4. The number of carbonyl (C=O) groups is 3. The van der Waals surface area contributed by atoms with E-state index in [0.29, 0.717) is 11.5 Å². The van der Waals surface area contributed by atoms with Gasteiger partial charge in [0.1, 0.15) is 4.90 Å². The highest BCUT2D eigenvalue weighted by Gasteiger charge is 2.43. The quantitative estimate of drug-likeness (QED) is 0.102. The maximum absolute atomic E-state index is 13.7. The van der Waals surface area contributed by atoms with Gasteiger partial charge in [0.15, 0.2) is 11.6 Å². The van der Waals surface area contributed by atoms with Crippen LogP contribution in [0.4, 0.5) is 5.69 Å². The Morgan fingerprint density at radius 3 is 1.91 bits per heavy atom. The van der Waals surface area contributed by atoms with Crippen LogP contribution < -0.4 is 11.1 Å². The molecule has 11 heteroatoms. The van der Waals surface area contributed by atoms with Gasteiger partial charge in [0, 0.05) is 39.9 Å². The summed E-state index contributed by atoms with van der Waals surface area (Å²) in [4.78, 5) is 39.3. The molecule has 4 aromatic rings. The maximum atomic E-state index is 13.7. The summed E-state index contributed by atoms with van der Waals surface area (Å²) in [5, 5.41) is 14.4. The number of anilines is 1. The van der Waals surface area contributed by atoms with Gasteiger partial charge in [-0.05, 0) is 125 Å². The fraction of sp³-hybridized carbons (Fsp3) is 0.357. The lowest BCUT2D eigenvalue weighted by molar-refractivity contribution is -0.249. The van der Waals surface area contributed by atoms with Crippen molar-refractivity contribution in [3.8, 4) is 0 Å². The average Bonchev–Trinajstić information content (AvgIpc) is 3.07. The van der Waals surface area contributed by atoms with E-state index in [1.54, 1.807) is 42.5 Å². The smallest absolute Gasteiger partial charge is 0.296 e. The second-order valence-corrected chi connectivity index (χ2v) is 17.0. The molecule has 0 radical (unpaired) electrons. The molecule has 0 bridgehead atoms. The molecule has 0 unspecified atom stereocenters. The number of hydroxylamine groups is 2. The van der Waals surface area contributed by atoms with Gasteiger partial charge in [-0.15, -0.1) is 0 Å². The number of hydrogen-bond acceptors (Lipinski definition) is 8. The number of carbonyl (C=O) groups excluding carboxylic acids is 3. The first-order valence-electron chi connectivity index (χ1n) is 17.7. The minimum atomic E-state index is -4.82. The summed E-state index contributed by atoms with van der Waals surface area (Å²) in [7, 11) is -4.82. The Balaban J connectivity index is 0.000000384. The molecule has 1 amide bonds. The summed E-state index contributed by atoms with van der Waals surface area (Å²) < 4.78 is 34.6. The van der Waals surface area contributed by atoms with Gasteiger partial charge in [-0.3, -0.25) is 18.9 Å². The van der Waals surface area contributed by atoms with Crippen molar-refractivity contribution in [2.45, 2.75) is 97.2 Å². The van der Waals surface area contributed by atoms with Crippen LogP contribution in [0, 0.1) is 26.7 Å². The lowest BCUT2D eigenvalue weighted by Gasteiger charge is -2.50. The highest BCUT2D eigenvalue weighted by Crippen LogP contribution is 2.40. The van der Waals surface area contributed by atoms with Crippen molar-refractivity contribution in [3.05, 3.63) is 128 Å². The molecule has 280 valence electrons. The highest BCUT2D eigenvalue weighted by molar-refractivity contribution is 7.86. The van der Waals surface area contributed by atoms with E-state index >= 15 is 0 Å². The zero-order chi connectivity index (χ0) is 39.2. The van der Waals surface area contributed by atoms with E-state index in [-0.39, 0.29) is 57.8 Å². The van der Waals surface area contributed by atoms with Crippen LogP contribution in [-0.2, 0) is 23.1 Å². The number of nitrogens with two attached hydrogens (primary N) is 1. The molecule has 4 aromatic carbocycles. The minimum Gasteiger partial charge on any atom is -0.397 e. The first kappa shape index (κ1) is 39.5. The van der Waals surface area contributed by atoms with Gasteiger partial charge in [-0.25, -0.2) is 0 Å². The van der Waals surface area contributed by atoms with Crippen molar-refractivity contribution in [2.24, 2.45) is 5.92 Å². The molecule has 53 heavy (non-hydrogen) atoms. The van der Waals surface area contributed by atoms with Gasteiger partial charge in [0.2, 0.25) is 0 Å². The first-order chi connectivity index (χ1) is 24.7.